The Bertz CT molecular complexity index is 2830. The van der Waals surface area contributed by atoms with Gasteiger partial charge in [-0.05, 0) is 46.5 Å². The van der Waals surface area contributed by atoms with Gasteiger partial charge in [-0.3, -0.25) is 9.59 Å². The number of hydrogen-bond acceptors (Lipinski definition) is 4. The molecule has 0 aromatic heterocycles. The first-order chi connectivity index (χ1) is 30.6. The molecule has 296 valence electrons. The van der Waals surface area contributed by atoms with Crippen LogP contribution >= 0.6 is 0 Å². The van der Waals surface area contributed by atoms with E-state index in [2.05, 4.69) is 48.5 Å². The molecule has 4 aliphatic rings. The summed E-state index contributed by atoms with van der Waals surface area (Å²) in [5, 5.41) is 0. The fourth-order valence-electron chi connectivity index (χ4n) is 10.8. The first kappa shape index (κ1) is 37.2. The first-order valence-electron chi connectivity index (χ1n) is 21.0. The van der Waals surface area contributed by atoms with E-state index in [1.807, 2.05) is 182 Å². The number of benzene rings is 8. The van der Waals surface area contributed by atoms with Crippen molar-refractivity contribution in [3.05, 3.63) is 287 Å². The lowest BCUT2D eigenvalue weighted by atomic mass is 9.61. The predicted octanol–water partition coefficient (Wildman–Crippen LogP) is 11.9. The predicted molar refractivity (Wildman–Crippen MR) is 244 cm³/mol. The summed E-state index contributed by atoms with van der Waals surface area (Å²) < 4.78 is 13.8. The van der Waals surface area contributed by atoms with E-state index in [9.17, 15) is 9.59 Å². The van der Waals surface area contributed by atoms with E-state index in [0.717, 1.165) is 67.2 Å². The van der Waals surface area contributed by atoms with Crippen molar-refractivity contribution in [2.24, 2.45) is 0 Å². The van der Waals surface area contributed by atoms with Gasteiger partial charge < -0.3 is 9.47 Å². The van der Waals surface area contributed by atoms with Crippen molar-refractivity contribution in [2.45, 2.75) is 22.0 Å². The summed E-state index contributed by atoms with van der Waals surface area (Å²) in [5.74, 6) is 1.60. The van der Waals surface area contributed by atoms with Crippen molar-refractivity contribution < 1.29 is 19.1 Å². The summed E-state index contributed by atoms with van der Waals surface area (Å²) in [6.07, 6.45) is 3.59. The molecule has 0 saturated heterocycles. The largest absolute Gasteiger partial charge is 0.476 e. The van der Waals surface area contributed by atoms with Crippen LogP contribution in [0.25, 0.3) is 11.1 Å². The molecule has 0 amide bonds. The third kappa shape index (κ3) is 4.95. The van der Waals surface area contributed by atoms with E-state index >= 15 is 0 Å². The molecule has 2 aliphatic heterocycles. The molecule has 62 heavy (non-hydrogen) atoms. The minimum atomic E-state index is -0.989. The van der Waals surface area contributed by atoms with Crippen LogP contribution < -0.4 is 9.47 Å². The van der Waals surface area contributed by atoms with Crippen molar-refractivity contribution in [1.82, 2.24) is 0 Å². The van der Waals surface area contributed by atoms with Crippen LogP contribution in [0.2, 0.25) is 0 Å². The fourth-order valence-corrected chi connectivity index (χ4v) is 10.8. The lowest BCUT2D eigenvalue weighted by Gasteiger charge is -2.41. The third-order valence-corrected chi connectivity index (χ3v) is 13.2. The van der Waals surface area contributed by atoms with Gasteiger partial charge in [0, 0.05) is 33.4 Å². The molecular formula is C58H40O4. The second-order valence-corrected chi connectivity index (χ2v) is 16.1. The van der Waals surface area contributed by atoms with E-state index in [1.165, 1.54) is 0 Å². The molecule has 0 radical (unpaired) electrons. The monoisotopic (exact) mass is 800 g/mol. The molecular weight excluding hydrogens is 761 g/mol. The second-order valence-electron chi connectivity index (χ2n) is 16.1. The number of fused-ring (bicyclic) bond motifs is 6. The number of carbonyl (C=O) groups is 2. The molecule has 0 unspecified atom stereocenters. The normalized spacial score (nSPS) is 23.6. The Balaban J connectivity index is 0.000000139. The van der Waals surface area contributed by atoms with Gasteiger partial charge in [0.2, 0.25) is 0 Å². The second kappa shape index (κ2) is 14.4. The summed E-state index contributed by atoms with van der Waals surface area (Å²) in [7, 11) is 0. The summed E-state index contributed by atoms with van der Waals surface area (Å²) in [5.41, 5.74) is 5.46. The molecule has 4 atom stereocenters. The SMILES string of the molecule is O=C1C=C(c2ccccc2)[C@]2(c3ccccc3)Oc3ccccc3[C@]12c1ccccc1.O=C1C=C(c2ccccc2)[C@]2(c3ccccc3)Oc3ccccc3[C@]12c1ccccc1. The maximum absolute atomic E-state index is 14.1. The minimum absolute atomic E-state index is 0.0476. The van der Waals surface area contributed by atoms with Crippen LogP contribution in [-0.4, -0.2) is 11.6 Å². The number of hydrogen-bond donors (Lipinski definition) is 0. The molecule has 0 bridgehead atoms. The molecule has 0 saturated carbocycles. The number of rotatable bonds is 6. The number of carbonyl (C=O) groups excluding carboxylic acids is 2. The van der Waals surface area contributed by atoms with Crippen LogP contribution in [0.5, 0.6) is 11.5 Å². The van der Waals surface area contributed by atoms with Crippen molar-refractivity contribution in [1.29, 1.82) is 0 Å². The van der Waals surface area contributed by atoms with E-state index in [1.54, 1.807) is 12.2 Å². The highest BCUT2D eigenvalue weighted by Gasteiger charge is 2.72. The van der Waals surface area contributed by atoms with Gasteiger partial charge in [0.15, 0.2) is 22.8 Å². The quantitative estimate of drug-likeness (QED) is 0.168. The van der Waals surface area contributed by atoms with Gasteiger partial charge in [0.05, 0.1) is 0 Å². The number of allylic oxidation sites excluding steroid dienone is 2. The van der Waals surface area contributed by atoms with Gasteiger partial charge >= 0.3 is 0 Å². The zero-order valence-corrected chi connectivity index (χ0v) is 33.7. The minimum Gasteiger partial charge on any atom is -0.476 e. The molecule has 2 aliphatic carbocycles. The van der Waals surface area contributed by atoms with Gasteiger partial charge in [0.25, 0.3) is 0 Å². The molecule has 12 rings (SSSR count). The van der Waals surface area contributed by atoms with Crippen LogP contribution in [-0.2, 0) is 31.6 Å². The molecule has 4 nitrogen and oxygen atoms in total. The number of ether oxygens (including phenoxy) is 2. The highest BCUT2D eigenvalue weighted by atomic mass is 16.5. The average molecular weight is 801 g/mol. The van der Waals surface area contributed by atoms with Gasteiger partial charge in [-0.1, -0.05) is 218 Å². The van der Waals surface area contributed by atoms with E-state index in [4.69, 9.17) is 9.47 Å². The Kier molecular flexibility index (Phi) is 8.66. The number of ketones is 2. The van der Waals surface area contributed by atoms with Crippen LogP contribution in [0.1, 0.15) is 44.5 Å². The maximum atomic E-state index is 14.1. The Morgan fingerprint density at radius 1 is 0.290 bits per heavy atom. The Morgan fingerprint density at radius 2 is 0.565 bits per heavy atom. The summed E-state index contributed by atoms with van der Waals surface area (Å²) in [4.78, 5) is 28.3. The van der Waals surface area contributed by atoms with Crippen LogP contribution in [0, 0.1) is 0 Å². The van der Waals surface area contributed by atoms with Crippen molar-refractivity contribution in [3.63, 3.8) is 0 Å². The lowest BCUT2D eigenvalue weighted by molar-refractivity contribution is -0.121. The Labute approximate surface area is 361 Å². The smallest absolute Gasteiger partial charge is 0.181 e. The summed E-state index contributed by atoms with van der Waals surface area (Å²) in [6, 6.07) is 76.6. The molecule has 0 spiro atoms. The first-order valence-corrected chi connectivity index (χ1v) is 21.0. The van der Waals surface area contributed by atoms with E-state index < -0.39 is 22.0 Å². The van der Waals surface area contributed by atoms with Gasteiger partial charge in [0.1, 0.15) is 22.3 Å². The summed E-state index contributed by atoms with van der Waals surface area (Å²) in [6.45, 7) is 0. The maximum Gasteiger partial charge on any atom is 0.181 e. The van der Waals surface area contributed by atoms with Crippen molar-refractivity contribution in [2.75, 3.05) is 0 Å². The molecule has 2 heterocycles. The molecule has 0 fully saturated rings. The Morgan fingerprint density at radius 3 is 0.903 bits per heavy atom. The van der Waals surface area contributed by atoms with E-state index in [-0.39, 0.29) is 11.6 Å². The molecule has 4 heteroatoms. The lowest BCUT2D eigenvalue weighted by Crippen LogP contribution is -2.51. The molecule has 0 N–H and O–H groups in total. The summed E-state index contributed by atoms with van der Waals surface area (Å²) >= 11 is 0. The fraction of sp³-hybridized carbons (Fsp3) is 0.0690. The van der Waals surface area contributed by atoms with Crippen LogP contribution in [0.15, 0.2) is 243 Å². The van der Waals surface area contributed by atoms with Crippen LogP contribution in [0.4, 0.5) is 0 Å². The standard InChI is InChI=1S/2C29H20O2/c2*30-27-20-25(21-12-4-1-5-13-21)29(23-16-8-3-9-17-23)28(27,22-14-6-2-7-15-22)24-18-10-11-19-26(24)31-29/h2*1-20H/t2*28-,29+/m11/s1. The average Bonchev–Trinajstić information content (AvgIpc) is 4.01. The molecule has 8 aromatic rings. The molecule has 8 aromatic carbocycles. The Hall–Kier alpha value is -7.82. The van der Waals surface area contributed by atoms with Crippen molar-refractivity contribution >= 4 is 22.7 Å². The zero-order valence-electron chi connectivity index (χ0n) is 33.7. The zero-order chi connectivity index (χ0) is 41.8. The van der Waals surface area contributed by atoms with Crippen LogP contribution in [0.3, 0.4) is 0 Å². The van der Waals surface area contributed by atoms with E-state index in [0.29, 0.717) is 0 Å². The van der Waals surface area contributed by atoms with Gasteiger partial charge in [-0.25, -0.2) is 0 Å². The number of para-hydroxylation sites is 2. The van der Waals surface area contributed by atoms with Gasteiger partial charge in [-0.15, -0.1) is 0 Å². The highest BCUT2D eigenvalue weighted by molar-refractivity contribution is 6.17. The third-order valence-electron chi connectivity index (χ3n) is 13.2. The van der Waals surface area contributed by atoms with Gasteiger partial charge in [-0.2, -0.15) is 0 Å². The van der Waals surface area contributed by atoms with Crippen molar-refractivity contribution in [3.8, 4) is 11.5 Å². The highest BCUT2D eigenvalue weighted by Crippen LogP contribution is 2.67. The topological polar surface area (TPSA) is 52.6 Å².